The zero-order valence-electron chi connectivity index (χ0n) is 13.1. The Labute approximate surface area is 144 Å². The smallest absolute Gasteiger partial charge is 0.261 e. The maximum atomic E-state index is 12.7. The minimum atomic E-state index is 0.0881. The summed E-state index contributed by atoms with van der Waals surface area (Å²) in [6, 6.07) is 6.42. The molecule has 4 nitrogen and oxygen atoms in total. The van der Waals surface area contributed by atoms with Crippen molar-refractivity contribution in [2.45, 2.75) is 39.3 Å². The minimum Gasteiger partial charge on any atom is -0.301 e. The first-order chi connectivity index (χ1) is 10.5. The molecule has 0 aliphatic carbocycles. The van der Waals surface area contributed by atoms with Gasteiger partial charge in [0.25, 0.3) is 5.56 Å². The molecule has 1 aromatic carbocycles. The standard InChI is InChI=1S/C17H22IN3O/c1-12(2)20-7-3-4-13(9-20)10-21-11-19-16-6-5-14(18)8-15(16)17(21)22/h5-6,8,11-13H,3-4,7,9-10H2,1-2H3/t13-/m0/s1. The van der Waals surface area contributed by atoms with Crippen molar-refractivity contribution >= 4 is 33.5 Å². The van der Waals surface area contributed by atoms with E-state index in [0.717, 1.165) is 27.6 Å². The fourth-order valence-electron chi connectivity index (χ4n) is 3.25. The van der Waals surface area contributed by atoms with E-state index in [1.54, 1.807) is 10.9 Å². The van der Waals surface area contributed by atoms with E-state index in [0.29, 0.717) is 12.0 Å². The molecule has 1 fully saturated rings. The summed E-state index contributed by atoms with van der Waals surface area (Å²) in [6.07, 6.45) is 4.13. The molecule has 0 N–H and O–H groups in total. The van der Waals surface area contributed by atoms with Crippen LogP contribution in [0, 0.1) is 9.49 Å². The van der Waals surface area contributed by atoms with Gasteiger partial charge in [-0.15, -0.1) is 0 Å². The molecule has 0 amide bonds. The van der Waals surface area contributed by atoms with E-state index < -0.39 is 0 Å². The molecule has 1 atom stereocenters. The van der Waals surface area contributed by atoms with Gasteiger partial charge in [0.2, 0.25) is 0 Å². The lowest BCUT2D eigenvalue weighted by Crippen LogP contribution is -2.42. The molecule has 22 heavy (non-hydrogen) atoms. The Balaban J connectivity index is 1.85. The third-order valence-electron chi connectivity index (χ3n) is 4.52. The molecule has 1 aliphatic rings. The van der Waals surface area contributed by atoms with Crippen molar-refractivity contribution in [3.8, 4) is 0 Å². The SMILES string of the molecule is CC(C)N1CCC[C@H](Cn2cnc3ccc(I)cc3c2=O)C1. The Bertz CT molecular complexity index is 725. The van der Waals surface area contributed by atoms with Crippen LogP contribution in [0.3, 0.4) is 0 Å². The summed E-state index contributed by atoms with van der Waals surface area (Å²) in [5.41, 5.74) is 0.874. The number of benzene rings is 1. The van der Waals surface area contributed by atoms with E-state index in [1.807, 2.05) is 18.2 Å². The van der Waals surface area contributed by atoms with Gasteiger partial charge in [0.1, 0.15) is 0 Å². The molecule has 1 aromatic heterocycles. The number of halogens is 1. The van der Waals surface area contributed by atoms with Crippen LogP contribution >= 0.6 is 22.6 Å². The molecule has 0 saturated carbocycles. The third kappa shape index (κ3) is 3.35. The van der Waals surface area contributed by atoms with Gasteiger partial charge in [-0.05, 0) is 79.9 Å². The number of nitrogens with zero attached hydrogens (tertiary/aromatic N) is 3. The molecule has 3 rings (SSSR count). The maximum Gasteiger partial charge on any atom is 0.261 e. The minimum absolute atomic E-state index is 0.0881. The van der Waals surface area contributed by atoms with E-state index in [2.05, 4.69) is 46.3 Å². The van der Waals surface area contributed by atoms with Crippen LogP contribution in [0.5, 0.6) is 0 Å². The number of piperidine rings is 1. The average molecular weight is 411 g/mol. The molecule has 5 heteroatoms. The topological polar surface area (TPSA) is 38.1 Å². The number of likely N-dealkylation sites (tertiary alicyclic amines) is 1. The Morgan fingerprint density at radius 3 is 3.00 bits per heavy atom. The molecular formula is C17H22IN3O. The molecule has 0 unspecified atom stereocenters. The number of hydrogen-bond donors (Lipinski definition) is 0. The summed E-state index contributed by atoms with van der Waals surface area (Å²) in [5.74, 6) is 0.538. The first-order valence-corrected chi connectivity index (χ1v) is 9.01. The van der Waals surface area contributed by atoms with Crippen LogP contribution < -0.4 is 5.56 Å². The average Bonchev–Trinajstić information content (AvgIpc) is 2.51. The quantitative estimate of drug-likeness (QED) is 0.729. The second kappa shape index (κ2) is 6.66. The summed E-state index contributed by atoms with van der Waals surface area (Å²) >= 11 is 2.24. The third-order valence-corrected chi connectivity index (χ3v) is 5.19. The summed E-state index contributed by atoms with van der Waals surface area (Å²) in [6.45, 7) is 7.52. The van der Waals surface area contributed by atoms with E-state index in [1.165, 1.54) is 19.4 Å². The van der Waals surface area contributed by atoms with Crippen molar-refractivity contribution in [2.75, 3.05) is 13.1 Å². The van der Waals surface area contributed by atoms with E-state index >= 15 is 0 Å². The highest BCUT2D eigenvalue weighted by atomic mass is 127. The molecule has 2 aromatic rings. The number of fused-ring (bicyclic) bond motifs is 1. The van der Waals surface area contributed by atoms with Crippen LogP contribution in [0.4, 0.5) is 0 Å². The van der Waals surface area contributed by atoms with Crippen molar-refractivity contribution in [3.05, 3.63) is 38.5 Å². The first-order valence-electron chi connectivity index (χ1n) is 7.93. The Kier molecular flexibility index (Phi) is 4.82. The zero-order chi connectivity index (χ0) is 15.7. The Morgan fingerprint density at radius 1 is 1.41 bits per heavy atom. The number of hydrogen-bond acceptors (Lipinski definition) is 3. The van der Waals surface area contributed by atoms with Gasteiger partial charge in [-0.25, -0.2) is 4.98 Å². The molecule has 2 heterocycles. The molecule has 1 saturated heterocycles. The van der Waals surface area contributed by atoms with Crippen LogP contribution in [-0.4, -0.2) is 33.6 Å². The lowest BCUT2D eigenvalue weighted by atomic mass is 9.97. The van der Waals surface area contributed by atoms with Gasteiger partial charge in [0.05, 0.1) is 17.2 Å². The molecule has 0 bridgehead atoms. The second-order valence-corrected chi connectivity index (χ2v) is 7.71. The van der Waals surface area contributed by atoms with E-state index in [4.69, 9.17) is 0 Å². The van der Waals surface area contributed by atoms with Crippen molar-refractivity contribution in [3.63, 3.8) is 0 Å². The van der Waals surface area contributed by atoms with Crippen LogP contribution in [0.1, 0.15) is 26.7 Å². The summed E-state index contributed by atoms with van der Waals surface area (Å²) in [7, 11) is 0. The second-order valence-electron chi connectivity index (χ2n) is 6.46. The van der Waals surface area contributed by atoms with E-state index in [9.17, 15) is 4.79 Å². The van der Waals surface area contributed by atoms with Gasteiger partial charge in [-0.3, -0.25) is 9.36 Å². The monoisotopic (exact) mass is 411 g/mol. The van der Waals surface area contributed by atoms with Crippen LogP contribution in [0.25, 0.3) is 10.9 Å². The van der Waals surface area contributed by atoms with Gasteiger partial charge in [-0.1, -0.05) is 0 Å². The lowest BCUT2D eigenvalue weighted by Gasteiger charge is -2.35. The fourth-order valence-corrected chi connectivity index (χ4v) is 3.75. The maximum absolute atomic E-state index is 12.7. The van der Waals surface area contributed by atoms with Crippen molar-refractivity contribution in [1.82, 2.24) is 14.5 Å². The fraction of sp³-hybridized carbons (Fsp3) is 0.529. The van der Waals surface area contributed by atoms with Crippen LogP contribution in [0.2, 0.25) is 0 Å². The largest absolute Gasteiger partial charge is 0.301 e. The summed E-state index contributed by atoms with van der Waals surface area (Å²) in [5, 5.41) is 0.728. The van der Waals surface area contributed by atoms with Gasteiger partial charge >= 0.3 is 0 Å². The number of aromatic nitrogens is 2. The Hall–Kier alpha value is -0.950. The lowest BCUT2D eigenvalue weighted by molar-refractivity contribution is 0.130. The molecule has 0 radical (unpaired) electrons. The van der Waals surface area contributed by atoms with Crippen molar-refractivity contribution < 1.29 is 0 Å². The normalized spacial score (nSPS) is 19.9. The highest BCUT2D eigenvalue weighted by molar-refractivity contribution is 14.1. The van der Waals surface area contributed by atoms with Crippen molar-refractivity contribution in [1.29, 1.82) is 0 Å². The van der Waals surface area contributed by atoms with Gasteiger partial charge in [-0.2, -0.15) is 0 Å². The highest BCUT2D eigenvalue weighted by Crippen LogP contribution is 2.20. The van der Waals surface area contributed by atoms with Gasteiger partial charge in [0.15, 0.2) is 0 Å². The zero-order valence-corrected chi connectivity index (χ0v) is 15.3. The number of rotatable bonds is 3. The molecular weight excluding hydrogens is 389 g/mol. The van der Waals surface area contributed by atoms with Crippen molar-refractivity contribution in [2.24, 2.45) is 5.92 Å². The predicted molar refractivity (Wildman–Crippen MR) is 98.2 cm³/mol. The molecule has 1 aliphatic heterocycles. The Morgan fingerprint density at radius 2 is 2.23 bits per heavy atom. The summed E-state index contributed by atoms with van der Waals surface area (Å²) < 4.78 is 2.87. The molecule has 0 spiro atoms. The first kappa shape index (κ1) is 15.9. The van der Waals surface area contributed by atoms with Crippen LogP contribution in [-0.2, 0) is 6.54 Å². The highest BCUT2D eigenvalue weighted by Gasteiger charge is 2.22. The van der Waals surface area contributed by atoms with Gasteiger partial charge < -0.3 is 4.90 Å². The predicted octanol–water partition coefficient (Wildman–Crippen LogP) is 3.12. The summed E-state index contributed by atoms with van der Waals surface area (Å²) in [4.78, 5) is 19.6. The van der Waals surface area contributed by atoms with E-state index in [-0.39, 0.29) is 5.56 Å². The molecule has 118 valence electrons. The van der Waals surface area contributed by atoms with Gasteiger partial charge in [0, 0.05) is 22.7 Å². The van der Waals surface area contributed by atoms with Crippen LogP contribution in [0.15, 0.2) is 29.3 Å².